The van der Waals surface area contributed by atoms with Crippen LogP contribution < -0.4 is 0 Å². The van der Waals surface area contributed by atoms with Crippen LogP contribution in [-0.4, -0.2) is 12.6 Å². The molecule has 0 N–H and O–H groups in total. The zero-order valence-corrected chi connectivity index (χ0v) is 9.30. The van der Waals surface area contributed by atoms with Crippen molar-refractivity contribution in [2.24, 2.45) is 0 Å². The molecule has 1 rings (SSSR count). The van der Waals surface area contributed by atoms with Crippen molar-refractivity contribution in [2.45, 2.75) is 6.92 Å². The second-order valence-electron chi connectivity index (χ2n) is 2.51. The first-order valence-electron chi connectivity index (χ1n) is 4.06. The van der Waals surface area contributed by atoms with Crippen molar-refractivity contribution in [3.8, 4) is 11.8 Å². The van der Waals surface area contributed by atoms with Crippen LogP contribution in [0.5, 0.6) is 0 Å². The Morgan fingerprint density at radius 1 is 1.57 bits per heavy atom. The zero-order chi connectivity index (χ0) is 10.4. The second kappa shape index (κ2) is 5.46. The summed E-state index contributed by atoms with van der Waals surface area (Å²) in [6.45, 7) is 1.84. The molecule has 0 amide bonds. The van der Waals surface area contributed by atoms with Crippen molar-refractivity contribution < 1.29 is 9.53 Å². The van der Waals surface area contributed by atoms with Crippen molar-refractivity contribution in [1.29, 1.82) is 0 Å². The highest BCUT2D eigenvalue weighted by atomic mass is 79.9. The molecule has 0 aliphatic carbocycles. The Balaban J connectivity index is 2.63. The molecule has 14 heavy (non-hydrogen) atoms. The predicted molar refractivity (Wildman–Crippen MR) is 57.9 cm³/mol. The molecule has 0 radical (unpaired) electrons. The summed E-state index contributed by atoms with van der Waals surface area (Å²) >= 11 is 3.28. The molecular formula is C11H9BrO2. The summed E-state index contributed by atoms with van der Waals surface area (Å²) in [5, 5.41) is 0. The zero-order valence-electron chi connectivity index (χ0n) is 7.71. The fourth-order valence-electron chi connectivity index (χ4n) is 0.873. The number of carbonyl (C=O) groups is 1. The summed E-state index contributed by atoms with van der Waals surface area (Å²) in [6, 6.07) is 7.04. The van der Waals surface area contributed by atoms with E-state index in [9.17, 15) is 4.79 Å². The SMILES string of the molecule is CC#CCOC(=O)c1cccc(Br)c1. The molecule has 0 heterocycles. The molecule has 0 aliphatic heterocycles. The van der Waals surface area contributed by atoms with E-state index in [-0.39, 0.29) is 12.6 Å². The van der Waals surface area contributed by atoms with Crippen molar-refractivity contribution in [2.75, 3.05) is 6.61 Å². The van der Waals surface area contributed by atoms with Gasteiger partial charge in [-0.15, -0.1) is 5.92 Å². The number of benzene rings is 1. The monoisotopic (exact) mass is 252 g/mol. The molecule has 0 fully saturated rings. The van der Waals surface area contributed by atoms with Crippen molar-refractivity contribution >= 4 is 21.9 Å². The predicted octanol–water partition coefficient (Wildman–Crippen LogP) is 2.63. The quantitative estimate of drug-likeness (QED) is 0.598. The normalized spacial score (nSPS) is 8.71. The van der Waals surface area contributed by atoms with E-state index < -0.39 is 0 Å². The molecule has 72 valence electrons. The van der Waals surface area contributed by atoms with Gasteiger partial charge in [0.1, 0.15) is 0 Å². The molecule has 0 bridgehead atoms. The molecular weight excluding hydrogens is 244 g/mol. The number of hydrogen-bond acceptors (Lipinski definition) is 2. The number of halogens is 1. The largest absolute Gasteiger partial charge is 0.449 e. The van der Waals surface area contributed by atoms with Gasteiger partial charge < -0.3 is 4.74 Å². The van der Waals surface area contributed by atoms with E-state index in [1.165, 1.54) is 0 Å². The summed E-state index contributed by atoms with van der Waals surface area (Å²) in [6.07, 6.45) is 0. The third-order valence-corrected chi connectivity index (χ3v) is 2.01. The van der Waals surface area contributed by atoms with Gasteiger partial charge in [0.15, 0.2) is 6.61 Å². The maximum absolute atomic E-state index is 11.4. The van der Waals surface area contributed by atoms with Gasteiger partial charge in [-0.25, -0.2) is 4.79 Å². The van der Waals surface area contributed by atoms with E-state index in [0.717, 1.165) is 4.47 Å². The summed E-state index contributed by atoms with van der Waals surface area (Å²) < 4.78 is 5.75. The standard InChI is InChI=1S/C11H9BrO2/c1-2-3-7-14-11(13)9-5-4-6-10(12)8-9/h4-6,8H,7H2,1H3. The van der Waals surface area contributed by atoms with E-state index in [1.54, 1.807) is 25.1 Å². The molecule has 1 aromatic rings. The molecule has 0 saturated heterocycles. The number of rotatable bonds is 2. The van der Waals surface area contributed by atoms with Gasteiger partial charge in [0.25, 0.3) is 0 Å². The Labute approximate surface area is 91.4 Å². The van der Waals surface area contributed by atoms with Crippen LogP contribution in [0, 0.1) is 11.8 Å². The molecule has 0 saturated carbocycles. The van der Waals surface area contributed by atoms with E-state index in [2.05, 4.69) is 27.8 Å². The fourth-order valence-corrected chi connectivity index (χ4v) is 1.27. The summed E-state index contributed by atoms with van der Waals surface area (Å²) in [5.41, 5.74) is 0.525. The van der Waals surface area contributed by atoms with Gasteiger partial charge in [-0.2, -0.15) is 0 Å². The highest BCUT2D eigenvalue weighted by Crippen LogP contribution is 2.12. The molecule has 0 unspecified atom stereocenters. The van der Waals surface area contributed by atoms with E-state index >= 15 is 0 Å². The molecule has 0 spiro atoms. The second-order valence-corrected chi connectivity index (χ2v) is 3.43. The van der Waals surface area contributed by atoms with Crippen LogP contribution in [0.25, 0.3) is 0 Å². The fraction of sp³-hybridized carbons (Fsp3) is 0.182. The maximum Gasteiger partial charge on any atom is 0.339 e. The third-order valence-electron chi connectivity index (χ3n) is 1.51. The van der Waals surface area contributed by atoms with Crippen LogP contribution in [0.1, 0.15) is 17.3 Å². The summed E-state index contributed by atoms with van der Waals surface area (Å²) in [7, 11) is 0. The van der Waals surface area contributed by atoms with Crippen molar-refractivity contribution in [1.82, 2.24) is 0 Å². The Hall–Kier alpha value is -1.27. The molecule has 0 aliphatic rings. The number of hydrogen-bond donors (Lipinski definition) is 0. The Kier molecular flexibility index (Phi) is 4.21. The van der Waals surface area contributed by atoms with E-state index in [4.69, 9.17) is 4.74 Å². The van der Waals surface area contributed by atoms with Gasteiger partial charge in [-0.3, -0.25) is 0 Å². The first-order valence-corrected chi connectivity index (χ1v) is 4.85. The molecule has 0 atom stereocenters. The van der Waals surface area contributed by atoms with Gasteiger partial charge in [-0.1, -0.05) is 27.9 Å². The molecule has 1 aromatic carbocycles. The lowest BCUT2D eigenvalue weighted by Crippen LogP contribution is -2.04. The van der Waals surface area contributed by atoms with Gasteiger partial charge >= 0.3 is 5.97 Å². The first-order chi connectivity index (χ1) is 6.74. The van der Waals surface area contributed by atoms with Crippen molar-refractivity contribution in [3.63, 3.8) is 0 Å². The van der Waals surface area contributed by atoms with Crippen LogP contribution in [-0.2, 0) is 4.74 Å². The number of carbonyl (C=O) groups excluding carboxylic acids is 1. The smallest absolute Gasteiger partial charge is 0.339 e. The molecule has 2 nitrogen and oxygen atoms in total. The lowest BCUT2D eigenvalue weighted by Gasteiger charge is -2.00. The highest BCUT2D eigenvalue weighted by Gasteiger charge is 2.05. The molecule has 3 heteroatoms. The third kappa shape index (κ3) is 3.23. The Bertz CT molecular complexity index is 388. The number of esters is 1. The van der Waals surface area contributed by atoms with Gasteiger partial charge in [0, 0.05) is 4.47 Å². The summed E-state index contributed by atoms with van der Waals surface area (Å²) in [4.78, 5) is 11.4. The Morgan fingerprint density at radius 2 is 2.36 bits per heavy atom. The van der Waals surface area contributed by atoms with E-state index in [1.807, 2.05) is 6.07 Å². The van der Waals surface area contributed by atoms with E-state index in [0.29, 0.717) is 5.56 Å². The average Bonchev–Trinajstić information content (AvgIpc) is 2.18. The van der Waals surface area contributed by atoms with Crippen LogP contribution in [0.15, 0.2) is 28.7 Å². The lowest BCUT2D eigenvalue weighted by molar-refractivity contribution is 0.0556. The first kappa shape index (κ1) is 10.8. The molecule has 0 aromatic heterocycles. The van der Waals surface area contributed by atoms with Crippen LogP contribution in [0.2, 0.25) is 0 Å². The van der Waals surface area contributed by atoms with Crippen LogP contribution in [0.4, 0.5) is 0 Å². The summed E-state index contributed by atoms with van der Waals surface area (Å²) in [5.74, 6) is 4.96. The lowest BCUT2D eigenvalue weighted by atomic mass is 10.2. The van der Waals surface area contributed by atoms with Crippen LogP contribution >= 0.6 is 15.9 Å². The van der Waals surface area contributed by atoms with Crippen molar-refractivity contribution in [3.05, 3.63) is 34.3 Å². The van der Waals surface area contributed by atoms with Gasteiger partial charge in [-0.05, 0) is 25.1 Å². The van der Waals surface area contributed by atoms with Gasteiger partial charge in [0.05, 0.1) is 5.56 Å². The minimum Gasteiger partial charge on any atom is -0.449 e. The minimum atomic E-state index is -0.353. The maximum atomic E-state index is 11.4. The highest BCUT2D eigenvalue weighted by molar-refractivity contribution is 9.10. The van der Waals surface area contributed by atoms with Gasteiger partial charge in [0.2, 0.25) is 0 Å². The number of ether oxygens (including phenoxy) is 1. The average molecular weight is 253 g/mol. The van der Waals surface area contributed by atoms with Crippen LogP contribution in [0.3, 0.4) is 0 Å². The Morgan fingerprint density at radius 3 is 3.00 bits per heavy atom. The topological polar surface area (TPSA) is 26.3 Å². The minimum absolute atomic E-state index is 0.141.